The molecule has 0 aliphatic carbocycles. The first-order chi connectivity index (χ1) is 9.75. The van der Waals surface area contributed by atoms with Crippen LogP contribution in [-0.4, -0.2) is 20.9 Å². The zero-order chi connectivity index (χ0) is 13.7. The summed E-state index contributed by atoms with van der Waals surface area (Å²) in [7, 11) is 4.25. The summed E-state index contributed by atoms with van der Waals surface area (Å²) in [6, 6.07) is 14.6. The fraction of sp³-hybridized carbons (Fsp3) is 0.250. The van der Waals surface area contributed by atoms with E-state index in [4.69, 9.17) is 9.47 Å². The van der Waals surface area contributed by atoms with Gasteiger partial charge in [0.15, 0.2) is 11.5 Å². The Morgan fingerprint density at radius 3 is 2.25 bits per heavy atom. The molecule has 0 saturated carbocycles. The molecule has 0 bridgehead atoms. The van der Waals surface area contributed by atoms with Crippen LogP contribution in [0.25, 0.3) is 0 Å². The van der Waals surface area contributed by atoms with Crippen molar-refractivity contribution in [2.24, 2.45) is 0 Å². The quantitative estimate of drug-likeness (QED) is 0.793. The molecular formula is C16H16N2O2. The van der Waals surface area contributed by atoms with Crippen LogP contribution in [0.3, 0.4) is 0 Å². The molecule has 0 N–H and O–H groups in total. The van der Waals surface area contributed by atoms with Crippen molar-refractivity contribution in [2.75, 3.05) is 30.7 Å². The van der Waals surface area contributed by atoms with Gasteiger partial charge in [-0.3, -0.25) is 0 Å². The lowest BCUT2D eigenvalue weighted by Crippen LogP contribution is -2.30. The SMILES string of the molecule is CN1c2ccccc2N(C)C1c1ccc2c(c1)OCO2. The second-order valence-corrected chi connectivity index (χ2v) is 5.20. The Labute approximate surface area is 118 Å². The van der Waals surface area contributed by atoms with Crippen LogP contribution < -0.4 is 19.3 Å². The summed E-state index contributed by atoms with van der Waals surface area (Å²) in [5.74, 6) is 1.66. The minimum absolute atomic E-state index is 0.182. The molecule has 0 atom stereocenters. The zero-order valence-electron chi connectivity index (χ0n) is 11.5. The number of rotatable bonds is 1. The van der Waals surface area contributed by atoms with E-state index >= 15 is 0 Å². The molecule has 0 amide bonds. The van der Waals surface area contributed by atoms with Crippen LogP contribution in [0.2, 0.25) is 0 Å². The lowest BCUT2D eigenvalue weighted by molar-refractivity contribution is 0.174. The number of hydrogen-bond acceptors (Lipinski definition) is 4. The topological polar surface area (TPSA) is 24.9 Å². The number of para-hydroxylation sites is 2. The summed E-state index contributed by atoms with van der Waals surface area (Å²) in [6.07, 6.45) is 0.182. The number of ether oxygens (including phenoxy) is 2. The van der Waals surface area contributed by atoms with Crippen molar-refractivity contribution in [3.8, 4) is 11.5 Å². The first-order valence-corrected chi connectivity index (χ1v) is 6.70. The van der Waals surface area contributed by atoms with E-state index < -0.39 is 0 Å². The summed E-state index contributed by atoms with van der Waals surface area (Å²) in [6.45, 7) is 0.315. The number of hydrogen-bond donors (Lipinski definition) is 0. The average Bonchev–Trinajstić information content (AvgIpc) is 3.03. The van der Waals surface area contributed by atoms with Crippen LogP contribution in [0.4, 0.5) is 11.4 Å². The predicted octanol–water partition coefficient (Wildman–Crippen LogP) is 3.00. The fourth-order valence-corrected chi connectivity index (χ4v) is 3.10. The normalized spacial score (nSPS) is 16.7. The monoisotopic (exact) mass is 268 g/mol. The Morgan fingerprint density at radius 1 is 0.900 bits per heavy atom. The molecule has 2 aliphatic heterocycles. The summed E-state index contributed by atoms with van der Waals surface area (Å²) in [5, 5.41) is 0. The highest BCUT2D eigenvalue weighted by Gasteiger charge is 2.32. The largest absolute Gasteiger partial charge is 0.454 e. The Kier molecular flexibility index (Phi) is 2.33. The highest BCUT2D eigenvalue weighted by Crippen LogP contribution is 2.45. The summed E-state index contributed by atoms with van der Waals surface area (Å²) >= 11 is 0. The van der Waals surface area contributed by atoms with Gasteiger partial charge in [-0.25, -0.2) is 0 Å². The third-order valence-electron chi connectivity index (χ3n) is 4.07. The van der Waals surface area contributed by atoms with Gasteiger partial charge in [0.05, 0.1) is 11.4 Å². The molecule has 0 spiro atoms. The van der Waals surface area contributed by atoms with Gasteiger partial charge in [-0.1, -0.05) is 18.2 Å². The van der Waals surface area contributed by atoms with Crippen LogP contribution in [-0.2, 0) is 0 Å². The van der Waals surface area contributed by atoms with Crippen molar-refractivity contribution in [1.29, 1.82) is 0 Å². The summed E-state index contributed by atoms with van der Waals surface area (Å²) in [5.41, 5.74) is 3.70. The lowest BCUT2D eigenvalue weighted by Gasteiger charge is -2.28. The third kappa shape index (κ3) is 1.48. The first kappa shape index (κ1) is 11.5. The van der Waals surface area contributed by atoms with Gasteiger partial charge in [0.25, 0.3) is 0 Å². The van der Waals surface area contributed by atoms with Gasteiger partial charge in [0, 0.05) is 14.1 Å². The van der Waals surface area contributed by atoms with E-state index in [1.165, 1.54) is 16.9 Å². The van der Waals surface area contributed by atoms with Crippen molar-refractivity contribution in [3.05, 3.63) is 48.0 Å². The molecule has 4 rings (SSSR count). The molecule has 2 heterocycles. The van der Waals surface area contributed by atoms with E-state index in [1.807, 2.05) is 6.07 Å². The molecule has 2 aromatic carbocycles. The van der Waals surface area contributed by atoms with Gasteiger partial charge in [-0.15, -0.1) is 0 Å². The Morgan fingerprint density at radius 2 is 1.55 bits per heavy atom. The molecule has 4 heteroatoms. The molecule has 0 unspecified atom stereocenters. The second-order valence-electron chi connectivity index (χ2n) is 5.20. The maximum absolute atomic E-state index is 5.49. The minimum Gasteiger partial charge on any atom is -0.454 e. The zero-order valence-corrected chi connectivity index (χ0v) is 11.5. The maximum Gasteiger partial charge on any atom is 0.231 e. The lowest BCUT2D eigenvalue weighted by atomic mass is 10.1. The molecule has 4 nitrogen and oxygen atoms in total. The van der Waals surface area contributed by atoms with Gasteiger partial charge in [-0.2, -0.15) is 0 Å². The standard InChI is InChI=1S/C16H16N2O2/c1-17-12-5-3-4-6-13(12)18(2)16(17)11-7-8-14-15(9-11)20-10-19-14/h3-9,16H,10H2,1-2H3. The van der Waals surface area contributed by atoms with Crippen LogP contribution in [0, 0.1) is 0 Å². The molecule has 2 aliphatic rings. The van der Waals surface area contributed by atoms with E-state index in [1.54, 1.807) is 0 Å². The molecule has 102 valence electrons. The van der Waals surface area contributed by atoms with E-state index in [0.29, 0.717) is 6.79 Å². The van der Waals surface area contributed by atoms with Crippen molar-refractivity contribution >= 4 is 11.4 Å². The van der Waals surface area contributed by atoms with Crippen LogP contribution in [0.5, 0.6) is 11.5 Å². The fourth-order valence-electron chi connectivity index (χ4n) is 3.10. The van der Waals surface area contributed by atoms with Crippen molar-refractivity contribution in [1.82, 2.24) is 0 Å². The molecule has 0 saturated heterocycles. The van der Waals surface area contributed by atoms with Crippen LogP contribution in [0.1, 0.15) is 11.7 Å². The smallest absolute Gasteiger partial charge is 0.231 e. The van der Waals surface area contributed by atoms with Crippen LogP contribution >= 0.6 is 0 Å². The van der Waals surface area contributed by atoms with E-state index in [9.17, 15) is 0 Å². The highest BCUT2D eigenvalue weighted by molar-refractivity contribution is 5.77. The number of fused-ring (bicyclic) bond motifs is 2. The van der Waals surface area contributed by atoms with Gasteiger partial charge >= 0.3 is 0 Å². The third-order valence-corrected chi connectivity index (χ3v) is 4.07. The molecule has 0 aromatic heterocycles. The number of nitrogens with zero attached hydrogens (tertiary/aromatic N) is 2. The maximum atomic E-state index is 5.49. The van der Waals surface area contributed by atoms with E-state index in [2.05, 4.69) is 60.3 Å². The molecule has 0 radical (unpaired) electrons. The van der Waals surface area contributed by atoms with E-state index in [-0.39, 0.29) is 6.17 Å². The van der Waals surface area contributed by atoms with Crippen molar-refractivity contribution in [2.45, 2.75) is 6.17 Å². The van der Waals surface area contributed by atoms with Gasteiger partial charge in [0.1, 0.15) is 6.17 Å². The molecule has 20 heavy (non-hydrogen) atoms. The molecule has 2 aromatic rings. The van der Waals surface area contributed by atoms with Gasteiger partial charge in [0.2, 0.25) is 6.79 Å². The van der Waals surface area contributed by atoms with Crippen LogP contribution in [0.15, 0.2) is 42.5 Å². The second kappa shape index (κ2) is 4.07. The summed E-state index contributed by atoms with van der Waals surface area (Å²) in [4.78, 5) is 4.57. The highest BCUT2D eigenvalue weighted by atomic mass is 16.7. The van der Waals surface area contributed by atoms with Crippen molar-refractivity contribution in [3.63, 3.8) is 0 Å². The first-order valence-electron chi connectivity index (χ1n) is 6.70. The van der Waals surface area contributed by atoms with Gasteiger partial charge in [-0.05, 0) is 29.8 Å². The van der Waals surface area contributed by atoms with E-state index in [0.717, 1.165) is 11.5 Å². The predicted molar refractivity (Wildman–Crippen MR) is 78.6 cm³/mol. The number of benzene rings is 2. The average molecular weight is 268 g/mol. The summed E-state index contributed by atoms with van der Waals surface area (Å²) < 4.78 is 10.9. The van der Waals surface area contributed by atoms with Crippen molar-refractivity contribution < 1.29 is 9.47 Å². The molecule has 0 fully saturated rings. The Hall–Kier alpha value is -2.36. The van der Waals surface area contributed by atoms with Gasteiger partial charge < -0.3 is 19.3 Å². The molecular weight excluding hydrogens is 252 g/mol. The minimum atomic E-state index is 0.182. The Balaban J connectivity index is 1.77. The number of anilines is 2. The Bertz CT molecular complexity index is 642.